The summed E-state index contributed by atoms with van der Waals surface area (Å²) in [6, 6.07) is 6.10. The predicted octanol–water partition coefficient (Wildman–Crippen LogP) is 1.85. The molecule has 0 aliphatic rings. The lowest BCUT2D eigenvalue weighted by Crippen LogP contribution is -1.99. The fraction of sp³-hybridized carbons (Fsp3) is 0.273. The molecule has 14 heavy (non-hydrogen) atoms. The van der Waals surface area contributed by atoms with Crippen LogP contribution in [0, 0.1) is 17.7 Å². The van der Waals surface area contributed by atoms with Crippen LogP contribution >= 0.6 is 0 Å². The first-order valence-corrected chi connectivity index (χ1v) is 4.39. The van der Waals surface area contributed by atoms with E-state index in [0.29, 0.717) is 6.61 Å². The summed E-state index contributed by atoms with van der Waals surface area (Å²) >= 11 is 0. The third kappa shape index (κ3) is 4.04. The number of halogens is 1. The van der Waals surface area contributed by atoms with E-state index in [2.05, 4.69) is 16.7 Å². The van der Waals surface area contributed by atoms with Crippen LogP contribution in [0.2, 0.25) is 0 Å². The van der Waals surface area contributed by atoms with Gasteiger partial charge in [0.15, 0.2) is 0 Å². The van der Waals surface area contributed by atoms with E-state index in [0.717, 1.165) is 18.4 Å². The largest absolute Gasteiger partial charge is 0.305 e. The number of hydrogen-bond donors (Lipinski definition) is 1. The maximum atomic E-state index is 12.5. The average molecular weight is 193 g/mol. The van der Waals surface area contributed by atoms with Crippen LogP contribution in [0.4, 0.5) is 4.39 Å². The van der Waals surface area contributed by atoms with Crippen LogP contribution < -0.4 is 5.90 Å². The Morgan fingerprint density at radius 1 is 1.29 bits per heavy atom. The molecule has 2 nitrogen and oxygen atoms in total. The smallest absolute Gasteiger partial charge is 0.123 e. The zero-order chi connectivity index (χ0) is 10.2. The molecule has 1 aromatic rings. The van der Waals surface area contributed by atoms with Gasteiger partial charge in [-0.1, -0.05) is 11.8 Å². The van der Waals surface area contributed by atoms with E-state index < -0.39 is 0 Å². The third-order valence-electron chi connectivity index (χ3n) is 1.64. The zero-order valence-electron chi connectivity index (χ0n) is 7.79. The van der Waals surface area contributed by atoms with Gasteiger partial charge in [0.25, 0.3) is 0 Å². The fourth-order valence-corrected chi connectivity index (χ4v) is 0.942. The Kier molecular flexibility index (Phi) is 4.70. The number of benzene rings is 1. The predicted molar refractivity (Wildman–Crippen MR) is 52.7 cm³/mol. The fourth-order valence-electron chi connectivity index (χ4n) is 0.942. The highest BCUT2D eigenvalue weighted by Gasteiger charge is 1.88. The molecular formula is C11H12FNO. The van der Waals surface area contributed by atoms with Crippen LogP contribution in [0.25, 0.3) is 0 Å². The van der Waals surface area contributed by atoms with Crippen molar-refractivity contribution in [2.24, 2.45) is 5.90 Å². The van der Waals surface area contributed by atoms with E-state index in [1.807, 2.05) is 0 Å². The lowest BCUT2D eigenvalue weighted by Gasteiger charge is -1.91. The zero-order valence-corrected chi connectivity index (χ0v) is 7.79. The van der Waals surface area contributed by atoms with Crippen molar-refractivity contribution < 1.29 is 9.23 Å². The van der Waals surface area contributed by atoms with Crippen molar-refractivity contribution in [3.05, 3.63) is 35.6 Å². The molecule has 74 valence electrons. The lowest BCUT2D eigenvalue weighted by molar-refractivity contribution is 0.136. The molecule has 2 N–H and O–H groups in total. The number of rotatable bonds is 3. The molecule has 0 aliphatic heterocycles. The molecule has 0 aromatic heterocycles. The van der Waals surface area contributed by atoms with Crippen molar-refractivity contribution in [2.75, 3.05) is 6.61 Å². The van der Waals surface area contributed by atoms with Gasteiger partial charge in [-0.05, 0) is 30.7 Å². The Labute approximate surface area is 82.8 Å². The van der Waals surface area contributed by atoms with Gasteiger partial charge in [0.2, 0.25) is 0 Å². The van der Waals surface area contributed by atoms with E-state index in [-0.39, 0.29) is 5.82 Å². The van der Waals surface area contributed by atoms with Gasteiger partial charge in [0.05, 0.1) is 6.61 Å². The first-order valence-electron chi connectivity index (χ1n) is 4.39. The van der Waals surface area contributed by atoms with Crippen LogP contribution in [0.15, 0.2) is 24.3 Å². The van der Waals surface area contributed by atoms with Crippen molar-refractivity contribution in [1.82, 2.24) is 0 Å². The molecule has 1 rings (SSSR count). The van der Waals surface area contributed by atoms with E-state index in [4.69, 9.17) is 5.90 Å². The molecule has 0 amide bonds. The molecule has 0 fully saturated rings. The van der Waals surface area contributed by atoms with E-state index in [1.165, 1.54) is 12.1 Å². The Bertz CT molecular complexity index is 323. The van der Waals surface area contributed by atoms with Crippen LogP contribution in [-0.4, -0.2) is 6.61 Å². The first kappa shape index (κ1) is 10.7. The van der Waals surface area contributed by atoms with Crippen molar-refractivity contribution in [1.29, 1.82) is 0 Å². The van der Waals surface area contributed by atoms with Gasteiger partial charge < -0.3 is 4.84 Å². The minimum Gasteiger partial charge on any atom is -0.305 e. The third-order valence-corrected chi connectivity index (χ3v) is 1.64. The monoisotopic (exact) mass is 193 g/mol. The van der Waals surface area contributed by atoms with Crippen LogP contribution in [0.1, 0.15) is 18.4 Å². The van der Waals surface area contributed by atoms with E-state index in [1.54, 1.807) is 12.1 Å². The standard InChI is InChI=1S/C11H12FNO/c12-11-7-5-10(6-8-11)4-2-1-3-9-14-13/h5-8H,1,3,9,13H2. The van der Waals surface area contributed by atoms with Crippen molar-refractivity contribution in [2.45, 2.75) is 12.8 Å². The Balaban J connectivity index is 2.39. The summed E-state index contributed by atoms with van der Waals surface area (Å²) in [6.45, 7) is 0.512. The van der Waals surface area contributed by atoms with E-state index >= 15 is 0 Å². The molecule has 3 heteroatoms. The molecule has 0 radical (unpaired) electrons. The molecule has 0 saturated heterocycles. The van der Waals surface area contributed by atoms with Crippen molar-refractivity contribution >= 4 is 0 Å². The highest BCUT2D eigenvalue weighted by atomic mass is 19.1. The molecule has 0 bridgehead atoms. The Hall–Kier alpha value is -1.37. The molecule has 0 heterocycles. The molecule has 1 aromatic carbocycles. The number of unbranched alkanes of at least 4 members (excludes halogenated alkanes) is 1. The molecular weight excluding hydrogens is 181 g/mol. The number of nitrogens with two attached hydrogens (primary N) is 1. The van der Waals surface area contributed by atoms with Gasteiger partial charge in [0.1, 0.15) is 5.82 Å². The normalized spacial score (nSPS) is 9.29. The highest BCUT2D eigenvalue weighted by Crippen LogP contribution is 2.00. The Morgan fingerprint density at radius 2 is 2.00 bits per heavy atom. The second kappa shape index (κ2) is 6.14. The summed E-state index contributed by atoms with van der Waals surface area (Å²) in [5.74, 6) is 10.5. The van der Waals surface area contributed by atoms with Crippen LogP contribution in [0.5, 0.6) is 0 Å². The summed E-state index contributed by atoms with van der Waals surface area (Å²) in [7, 11) is 0. The Morgan fingerprint density at radius 3 is 2.64 bits per heavy atom. The van der Waals surface area contributed by atoms with Crippen LogP contribution in [-0.2, 0) is 4.84 Å². The summed E-state index contributed by atoms with van der Waals surface area (Å²) in [5, 5.41) is 0. The molecule has 0 unspecified atom stereocenters. The van der Waals surface area contributed by atoms with Gasteiger partial charge >= 0.3 is 0 Å². The highest BCUT2D eigenvalue weighted by molar-refractivity contribution is 5.33. The van der Waals surface area contributed by atoms with Gasteiger partial charge in [-0.15, -0.1) is 0 Å². The number of hydrogen-bond acceptors (Lipinski definition) is 2. The van der Waals surface area contributed by atoms with Gasteiger partial charge in [-0.25, -0.2) is 10.3 Å². The minimum absolute atomic E-state index is 0.243. The van der Waals surface area contributed by atoms with Gasteiger partial charge in [-0.3, -0.25) is 0 Å². The quantitative estimate of drug-likeness (QED) is 0.451. The first-order chi connectivity index (χ1) is 6.83. The van der Waals surface area contributed by atoms with Crippen molar-refractivity contribution in [3.8, 4) is 11.8 Å². The van der Waals surface area contributed by atoms with Gasteiger partial charge in [-0.2, -0.15) is 0 Å². The van der Waals surface area contributed by atoms with Gasteiger partial charge in [0, 0.05) is 12.0 Å². The summed E-state index contributed by atoms with van der Waals surface area (Å²) < 4.78 is 12.5. The lowest BCUT2D eigenvalue weighted by atomic mass is 10.2. The molecule has 0 saturated carbocycles. The second-order valence-corrected chi connectivity index (χ2v) is 2.78. The summed E-state index contributed by atoms with van der Waals surface area (Å²) in [4.78, 5) is 4.39. The maximum Gasteiger partial charge on any atom is 0.123 e. The second-order valence-electron chi connectivity index (χ2n) is 2.78. The molecule has 0 aliphatic carbocycles. The molecule has 0 spiro atoms. The maximum absolute atomic E-state index is 12.5. The van der Waals surface area contributed by atoms with Crippen molar-refractivity contribution in [3.63, 3.8) is 0 Å². The topological polar surface area (TPSA) is 35.2 Å². The SMILES string of the molecule is NOCCCC#Cc1ccc(F)cc1. The molecule has 0 atom stereocenters. The summed E-state index contributed by atoms with van der Waals surface area (Å²) in [6.07, 6.45) is 1.54. The van der Waals surface area contributed by atoms with Crippen LogP contribution in [0.3, 0.4) is 0 Å². The summed E-state index contributed by atoms with van der Waals surface area (Å²) in [5.41, 5.74) is 0.820. The van der Waals surface area contributed by atoms with E-state index in [9.17, 15) is 4.39 Å². The average Bonchev–Trinajstić information content (AvgIpc) is 2.21. The minimum atomic E-state index is -0.243.